The van der Waals surface area contributed by atoms with Crippen molar-refractivity contribution in [3.8, 4) is 11.5 Å². The van der Waals surface area contributed by atoms with Crippen LogP contribution in [-0.2, 0) is 0 Å². The second-order valence-corrected chi connectivity index (χ2v) is 5.63. The number of carbonyl (C=O) groups excluding carboxylic acids is 1. The van der Waals surface area contributed by atoms with Crippen molar-refractivity contribution in [3.63, 3.8) is 0 Å². The molecule has 2 aromatic rings. The van der Waals surface area contributed by atoms with Crippen LogP contribution >= 0.6 is 15.9 Å². The third kappa shape index (κ3) is 4.96. The van der Waals surface area contributed by atoms with Gasteiger partial charge in [-0.2, -0.15) is 5.10 Å². The molecule has 5 nitrogen and oxygen atoms in total. The first kappa shape index (κ1) is 17.7. The Morgan fingerprint density at radius 1 is 1.33 bits per heavy atom. The van der Waals surface area contributed by atoms with Gasteiger partial charge >= 0.3 is 0 Å². The van der Waals surface area contributed by atoms with E-state index >= 15 is 0 Å². The van der Waals surface area contributed by atoms with Crippen LogP contribution in [0.5, 0.6) is 11.5 Å². The Morgan fingerprint density at radius 2 is 2.17 bits per heavy atom. The minimum Gasteiger partial charge on any atom is -0.497 e. The van der Waals surface area contributed by atoms with Gasteiger partial charge in [0.2, 0.25) is 0 Å². The molecule has 0 atom stereocenters. The van der Waals surface area contributed by atoms with Crippen molar-refractivity contribution >= 4 is 28.1 Å². The predicted octanol–water partition coefficient (Wildman–Crippen LogP) is 3.79. The number of hydrazone groups is 1. The topological polar surface area (TPSA) is 59.9 Å². The van der Waals surface area contributed by atoms with Crippen LogP contribution in [0.4, 0.5) is 0 Å². The summed E-state index contributed by atoms with van der Waals surface area (Å²) in [4.78, 5) is 12.1. The van der Waals surface area contributed by atoms with Crippen LogP contribution in [-0.4, -0.2) is 25.8 Å². The fourth-order valence-electron chi connectivity index (χ4n) is 1.89. The number of amides is 1. The molecule has 0 aliphatic rings. The molecule has 1 N–H and O–H groups in total. The fourth-order valence-corrected chi connectivity index (χ4v) is 2.27. The number of nitrogens with one attached hydrogen (secondary N) is 1. The van der Waals surface area contributed by atoms with Crippen LogP contribution in [0.3, 0.4) is 0 Å². The summed E-state index contributed by atoms with van der Waals surface area (Å²) in [6.45, 7) is 4.01. The highest BCUT2D eigenvalue weighted by Gasteiger charge is 2.06. The number of hydrogen-bond acceptors (Lipinski definition) is 4. The highest BCUT2D eigenvalue weighted by molar-refractivity contribution is 9.10. The SMILES string of the molecule is C=CCOc1ccc(Br)cc1/C=N/NC(=O)c1cccc(OC)c1. The maximum Gasteiger partial charge on any atom is 0.271 e. The number of halogens is 1. The maximum absolute atomic E-state index is 12.1. The normalized spacial score (nSPS) is 10.4. The lowest BCUT2D eigenvalue weighted by molar-refractivity contribution is 0.0955. The zero-order valence-electron chi connectivity index (χ0n) is 13.2. The summed E-state index contributed by atoms with van der Waals surface area (Å²) in [6, 6.07) is 12.4. The van der Waals surface area contributed by atoms with E-state index in [0.29, 0.717) is 23.7 Å². The van der Waals surface area contributed by atoms with Gasteiger partial charge < -0.3 is 9.47 Å². The number of carbonyl (C=O) groups is 1. The molecule has 24 heavy (non-hydrogen) atoms. The zero-order valence-corrected chi connectivity index (χ0v) is 14.7. The standard InChI is InChI=1S/C18H17BrN2O3/c1-3-9-24-17-8-7-15(19)10-14(17)12-20-21-18(22)13-5-4-6-16(11-13)23-2/h3-8,10-12H,1,9H2,2H3,(H,21,22)/b20-12+. The van der Waals surface area contributed by atoms with Gasteiger partial charge in [0.25, 0.3) is 5.91 Å². The molecule has 0 spiro atoms. The molecule has 1 amide bonds. The minimum atomic E-state index is -0.325. The number of rotatable bonds is 7. The van der Waals surface area contributed by atoms with Crippen LogP contribution in [0.15, 0.2) is 64.7 Å². The highest BCUT2D eigenvalue weighted by Crippen LogP contribution is 2.21. The van der Waals surface area contributed by atoms with Crippen LogP contribution < -0.4 is 14.9 Å². The number of nitrogens with zero attached hydrogens (tertiary/aromatic N) is 1. The first-order chi connectivity index (χ1) is 11.6. The smallest absolute Gasteiger partial charge is 0.271 e. The molecular weight excluding hydrogens is 372 g/mol. The molecule has 0 aliphatic carbocycles. The molecule has 0 fully saturated rings. The summed E-state index contributed by atoms with van der Waals surface area (Å²) in [7, 11) is 1.55. The fraction of sp³-hybridized carbons (Fsp3) is 0.111. The predicted molar refractivity (Wildman–Crippen MR) is 97.9 cm³/mol. The van der Waals surface area contributed by atoms with Gasteiger partial charge in [-0.1, -0.05) is 34.7 Å². The molecule has 0 saturated heterocycles. The lowest BCUT2D eigenvalue weighted by atomic mass is 10.2. The van der Waals surface area contributed by atoms with E-state index in [-0.39, 0.29) is 5.91 Å². The Hall–Kier alpha value is -2.60. The average molecular weight is 389 g/mol. The quantitative estimate of drug-likeness (QED) is 0.445. The number of ether oxygens (including phenoxy) is 2. The van der Waals surface area contributed by atoms with E-state index in [1.165, 1.54) is 6.21 Å². The van der Waals surface area contributed by atoms with E-state index in [0.717, 1.165) is 10.0 Å². The van der Waals surface area contributed by atoms with E-state index in [4.69, 9.17) is 9.47 Å². The number of methoxy groups -OCH3 is 1. The van der Waals surface area contributed by atoms with E-state index in [9.17, 15) is 4.79 Å². The summed E-state index contributed by atoms with van der Waals surface area (Å²) in [5.74, 6) is 0.935. The van der Waals surface area contributed by atoms with Gasteiger partial charge in [0.1, 0.15) is 18.1 Å². The second-order valence-electron chi connectivity index (χ2n) is 4.71. The van der Waals surface area contributed by atoms with Gasteiger partial charge in [-0.3, -0.25) is 4.79 Å². The average Bonchev–Trinajstić information content (AvgIpc) is 2.61. The van der Waals surface area contributed by atoms with Crippen LogP contribution in [0, 0.1) is 0 Å². The molecular formula is C18H17BrN2O3. The maximum atomic E-state index is 12.1. The summed E-state index contributed by atoms with van der Waals surface area (Å²) >= 11 is 3.40. The number of hydrogen-bond donors (Lipinski definition) is 1. The molecule has 0 unspecified atom stereocenters. The summed E-state index contributed by atoms with van der Waals surface area (Å²) in [5.41, 5.74) is 3.68. The number of benzene rings is 2. The third-order valence-electron chi connectivity index (χ3n) is 3.03. The molecule has 0 radical (unpaired) electrons. The van der Waals surface area contributed by atoms with Crippen LogP contribution in [0.2, 0.25) is 0 Å². The molecule has 0 aliphatic heterocycles. The molecule has 0 bridgehead atoms. The van der Waals surface area contributed by atoms with Crippen LogP contribution in [0.25, 0.3) is 0 Å². The Labute approximate surface area is 149 Å². The Bertz CT molecular complexity index is 760. The van der Waals surface area contributed by atoms with Crippen molar-refractivity contribution in [3.05, 3.63) is 70.7 Å². The van der Waals surface area contributed by atoms with E-state index < -0.39 is 0 Å². The third-order valence-corrected chi connectivity index (χ3v) is 3.52. The summed E-state index contributed by atoms with van der Waals surface area (Å²) in [5, 5.41) is 3.99. The molecule has 6 heteroatoms. The van der Waals surface area contributed by atoms with Gasteiger partial charge in [0.05, 0.1) is 13.3 Å². The van der Waals surface area contributed by atoms with Crippen molar-refractivity contribution in [2.45, 2.75) is 0 Å². The summed E-state index contributed by atoms with van der Waals surface area (Å²) in [6.07, 6.45) is 3.19. The van der Waals surface area contributed by atoms with Gasteiger partial charge in [-0.15, -0.1) is 0 Å². The van der Waals surface area contributed by atoms with E-state index in [2.05, 4.69) is 33.0 Å². The van der Waals surface area contributed by atoms with Crippen molar-refractivity contribution in [1.82, 2.24) is 5.43 Å². The lowest BCUT2D eigenvalue weighted by Crippen LogP contribution is -2.17. The van der Waals surface area contributed by atoms with Gasteiger partial charge in [0, 0.05) is 15.6 Å². The van der Waals surface area contributed by atoms with Crippen LogP contribution in [0.1, 0.15) is 15.9 Å². The Kier molecular flexibility index (Phi) is 6.57. The molecule has 2 aromatic carbocycles. The first-order valence-electron chi connectivity index (χ1n) is 7.14. The molecule has 124 valence electrons. The highest BCUT2D eigenvalue weighted by atomic mass is 79.9. The zero-order chi connectivity index (χ0) is 17.4. The minimum absolute atomic E-state index is 0.325. The monoisotopic (exact) mass is 388 g/mol. The summed E-state index contributed by atoms with van der Waals surface area (Å²) < 4.78 is 11.5. The van der Waals surface area contributed by atoms with Crippen molar-refractivity contribution < 1.29 is 14.3 Å². The molecule has 0 heterocycles. The molecule has 0 saturated carbocycles. The molecule has 0 aromatic heterocycles. The van der Waals surface area contributed by atoms with Gasteiger partial charge in [-0.05, 0) is 36.4 Å². The van der Waals surface area contributed by atoms with Crippen molar-refractivity contribution in [2.75, 3.05) is 13.7 Å². The van der Waals surface area contributed by atoms with Gasteiger partial charge in [0.15, 0.2) is 0 Å². The van der Waals surface area contributed by atoms with Crippen molar-refractivity contribution in [2.24, 2.45) is 5.10 Å². The van der Waals surface area contributed by atoms with Gasteiger partial charge in [-0.25, -0.2) is 5.43 Å². The molecule has 2 rings (SSSR count). The lowest BCUT2D eigenvalue weighted by Gasteiger charge is -2.07. The largest absolute Gasteiger partial charge is 0.497 e. The first-order valence-corrected chi connectivity index (χ1v) is 7.94. The van der Waals surface area contributed by atoms with Crippen molar-refractivity contribution in [1.29, 1.82) is 0 Å². The second kappa shape index (κ2) is 8.88. The van der Waals surface area contributed by atoms with E-state index in [1.54, 1.807) is 37.5 Å². The Balaban J connectivity index is 2.09. The van der Waals surface area contributed by atoms with E-state index in [1.807, 2.05) is 18.2 Å². The Morgan fingerprint density at radius 3 is 2.92 bits per heavy atom.